The van der Waals surface area contributed by atoms with Crippen molar-refractivity contribution in [1.29, 1.82) is 0 Å². The highest BCUT2D eigenvalue weighted by atomic mass is 16.5. The third-order valence-corrected chi connectivity index (χ3v) is 3.67. The van der Waals surface area contributed by atoms with E-state index in [9.17, 15) is 9.59 Å². The predicted molar refractivity (Wildman–Crippen MR) is 88.5 cm³/mol. The fraction of sp³-hybridized carbons (Fsp3) is 0.222. The van der Waals surface area contributed by atoms with Gasteiger partial charge in [0.25, 0.3) is 5.91 Å². The summed E-state index contributed by atoms with van der Waals surface area (Å²) < 4.78 is 5.69. The van der Waals surface area contributed by atoms with Gasteiger partial charge in [-0.05, 0) is 24.6 Å². The molecule has 1 heterocycles. The molecule has 0 spiro atoms. The molecule has 1 aliphatic heterocycles. The third-order valence-electron chi connectivity index (χ3n) is 3.67. The van der Waals surface area contributed by atoms with Gasteiger partial charge in [-0.25, -0.2) is 0 Å². The van der Waals surface area contributed by atoms with Gasteiger partial charge >= 0.3 is 0 Å². The molecule has 0 aromatic heterocycles. The number of carbonyl (C=O) groups is 2. The zero-order valence-corrected chi connectivity index (χ0v) is 13.1. The molecule has 23 heavy (non-hydrogen) atoms. The molecule has 3 rings (SSSR count). The van der Waals surface area contributed by atoms with Crippen LogP contribution < -0.4 is 15.0 Å². The SMILES string of the molecule is CC(=O)Nc1ccc2c(c1)OC(C)C(=O)N2Cc1ccccc1. The first-order chi connectivity index (χ1) is 11.0. The first-order valence-electron chi connectivity index (χ1n) is 7.48. The lowest BCUT2D eigenvalue weighted by Crippen LogP contribution is -2.44. The lowest BCUT2D eigenvalue weighted by atomic mass is 10.1. The Hall–Kier alpha value is -2.82. The molecule has 1 N–H and O–H groups in total. The Bertz CT molecular complexity index is 743. The second kappa shape index (κ2) is 6.12. The number of nitrogens with one attached hydrogen (secondary N) is 1. The molecule has 5 nitrogen and oxygen atoms in total. The molecule has 1 atom stereocenters. The van der Waals surface area contributed by atoms with Crippen molar-refractivity contribution in [3.63, 3.8) is 0 Å². The number of amides is 2. The first-order valence-corrected chi connectivity index (χ1v) is 7.48. The van der Waals surface area contributed by atoms with Crippen LogP contribution in [0.2, 0.25) is 0 Å². The lowest BCUT2D eigenvalue weighted by molar-refractivity contribution is -0.125. The second-order valence-corrected chi connectivity index (χ2v) is 5.53. The van der Waals surface area contributed by atoms with Crippen molar-refractivity contribution < 1.29 is 14.3 Å². The minimum Gasteiger partial charge on any atom is -0.479 e. The third kappa shape index (κ3) is 3.18. The molecular weight excluding hydrogens is 292 g/mol. The Labute approximate surface area is 134 Å². The molecule has 118 valence electrons. The van der Waals surface area contributed by atoms with Gasteiger partial charge in [0.05, 0.1) is 12.2 Å². The second-order valence-electron chi connectivity index (χ2n) is 5.53. The van der Waals surface area contributed by atoms with Crippen LogP contribution in [0.1, 0.15) is 19.4 Å². The number of carbonyl (C=O) groups excluding carboxylic acids is 2. The molecule has 5 heteroatoms. The molecule has 0 bridgehead atoms. The predicted octanol–water partition coefficient (Wildman–Crippen LogP) is 2.96. The van der Waals surface area contributed by atoms with Crippen LogP contribution in [0.4, 0.5) is 11.4 Å². The Kier molecular flexibility index (Phi) is 4.02. The van der Waals surface area contributed by atoms with Crippen molar-refractivity contribution >= 4 is 23.2 Å². The monoisotopic (exact) mass is 310 g/mol. The molecule has 2 amide bonds. The van der Waals surface area contributed by atoms with Crippen LogP contribution in [0, 0.1) is 0 Å². The summed E-state index contributed by atoms with van der Waals surface area (Å²) >= 11 is 0. The number of anilines is 2. The molecule has 0 aliphatic carbocycles. The quantitative estimate of drug-likeness (QED) is 0.948. The van der Waals surface area contributed by atoms with Crippen LogP contribution in [-0.2, 0) is 16.1 Å². The minimum atomic E-state index is -0.557. The van der Waals surface area contributed by atoms with Gasteiger partial charge in [-0.1, -0.05) is 30.3 Å². The zero-order valence-electron chi connectivity index (χ0n) is 13.1. The van der Waals surface area contributed by atoms with Gasteiger partial charge in [0.1, 0.15) is 5.75 Å². The average molecular weight is 310 g/mol. The molecular formula is C18H18N2O3. The van der Waals surface area contributed by atoms with Gasteiger partial charge in [0, 0.05) is 18.7 Å². The fourth-order valence-corrected chi connectivity index (χ4v) is 2.62. The molecule has 1 unspecified atom stereocenters. The van der Waals surface area contributed by atoms with Crippen LogP contribution in [-0.4, -0.2) is 17.9 Å². The van der Waals surface area contributed by atoms with Crippen LogP contribution >= 0.6 is 0 Å². The molecule has 0 radical (unpaired) electrons. The molecule has 0 fully saturated rings. The standard InChI is InChI=1S/C18H18N2O3/c1-12-18(22)20(11-14-6-4-3-5-7-14)16-9-8-15(19-13(2)21)10-17(16)23-12/h3-10,12H,11H2,1-2H3,(H,19,21). The highest BCUT2D eigenvalue weighted by molar-refractivity contribution is 6.00. The summed E-state index contributed by atoms with van der Waals surface area (Å²) in [6.45, 7) is 3.67. The lowest BCUT2D eigenvalue weighted by Gasteiger charge is -2.33. The van der Waals surface area contributed by atoms with Crippen molar-refractivity contribution in [2.45, 2.75) is 26.5 Å². The number of hydrogen-bond donors (Lipinski definition) is 1. The number of hydrogen-bond acceptors (Lipinski definition) is 3. The van der Waals surface area contributed by atoms with Gasteiger partial charge < -0.3 is 15.0 Å². The number of ether oxygens (including phenoxy) is 1. The Morgan fingerprint density at radius 3 is 2.65 bits per heavy atom. The summed E-state index contributed by atoms with van der Waals surface area (Å²) in [5.41, 5.74) is 2.41. The highest BCUT2D eigenvalue weighted by Crippen LogP contribution is 2.37. The molecule has 0 saturated carbocycles. The fourth-order valence-electron chi connectivity index (χ4n) is 2.62. The van der Waals surface area contributed by atoms with Crippen LogP contribution in [0.15, 0.2) is 48.5 Å². The summed E-state index contributed by atoms with van der Waals surface area (Å²) in [5, 5.41) is 2.72. The van der Waals surface area contributed by atoms with Gasteiger partial charge in [-0.15, -0.1) is 0 Å². The zero-order chi connectivity index (χ0) is 16.4. The minimum absolute atomic E-state index is 0.0753. The van der Waals surface area contributed by atoms with Crippen molar-refractivity contribution in [2.24, 2.45) is 0 Å². The normalized spacial score (nSPS) is 16.5. The maximum Gasteiger partial charge on any atom is 0.268 e. The molecule has 1 aliphatic rings. The van der Waals surface area contributed by atoms with Crippen LogP contribution in [0.25, 0.3) is 0 Å². The van der Waals surface area contributed by atoms with E-state index in [1.165, 1.54) is 6.92 Å². The van der Waals surface area contributed by atoms with E-state index in [1.54, 1.807) is 30.0 Å². The number of rotatable bonds is 3. The van der Waals surface area contributed by atoms with Gasteiger partial charge in [-0.2, -0.15) is 0 Å². The first kappa shape index (κ1) is 15.1. The van der Waals surface area contributed by atoms with Crippen molar-refractivity contribution in [1.82, 2.24) is 0 Å². The van der Waals surface area contributed by atoms with Crippen molar-refractivity contribution in [3.8, 4) is 5.75 Å². The smallest absolute Gasteiger partial charge is 0.268 e. The maximum absolute atomic E-state index is 12.5. The van der Waals surface area contributed by atoms with E-state index < -0.39 is 6.10 Å². The van der Waals surface area contributed by atoms with Crippen LogP contribution in [0.5, 0.6) is 5.75 Å². The van der Waals surface area contributed by atoms with E-state index in [1.807, 2.05) is 30.3 Å². The van der Waals surface area contributed by atoms with Crippen molar-refractivity contribution in [3.05, 3.63) is 54.1 Å². The van der Waals surface area contributed by atoms with Crippen LogP contribution in [0.3, 0.4) is 0 Å². The van der Waals surface area contributed by atoms with E-state index >= 15 is 0 Å². The van der Waals surface area contributed by atoms with E-state index in [0.29, 0.717) is 23.7 Å². The maximum atomic E-state index is 12.5. The number of nitrogens with zero attached hydrogens (tertiary/aromatic N) is 1. The molecule has 2 aromatic rings. The Morgan fingerprint density at radius 2 is 1.96 bits per heavy atom. The number of fused-ring (bicyclic) bond motifs is 1. The summed E-state index contributed by atoms with van der Waals surface area (Å²) in [6.07, 6.45) is -0.557. The largest absolute Gasteiger partial charge is 0.479 e. The Balaban J connectivity index is 1.94. The molecule has 2 aromatic carbocycles. The van der Waals surface area contributed by atoms with E-state index in [-0.39, 0.29) is 11.8 Å². The van der Waals surface area contributed by atoms with E-state index in [4.69, 9.17) is 4.74 Å². The van der Waals surface area contributed by atoms with E-state index in [0.717, 1.165) is 5.56 Å². The number of benzene rings is 2. The van der Waals surface area contributed by atoms with Gasteiger partial charge in [0.15, 0.2) is 6.10 Å². The van der Waals surface area contributed by atoms with Gasteiger partial charge in [-0.3, -0.25) is 9.59 Å². The molecule has 0 saturated heterocycles. The summed E-state index contributed by atoms with van der Waals surface area (Å²) in [4.78, 5) is 25.4. The van der Waals surface area contributed by atoms with Gasteiger partial charge in [0.2, 0.25) is 5.91 Å². The summed E-state index contributed by atoms with van der Waals surface area (Å²) in [6, 6.07) is 15.1. The van der Waals surface area contributed by atoms with Crippen molar-refractivity contribution in [2.75, 3.05) is 10.2 Å². The highest BCUT2D eigenvalue weighted by Gasteiger charge is 2.31. The topological polar surface area (TPSA) is 58.6 Å². The Morgan fingerprint density at radius 1 is 1.22 bits per heavy atom. The van der Waals surface area contributed by atoms with E-state index in [2.05, 4.69) is 5.32 Å². The average Bonchev–Trinajstić information content (AvgIpc) is 2.52. The summed E-state index contributed by atoms with van der Waals surface area (Å²) in [5.74, 6) is 0.374. The summed E-state index contributed by atoms with van der Waals surface area (Å²) in [7, 11) is 0.